The third-order valence-corrected chi connectivity index (χ3v) is 5.05. The van der Waals surface area contributed by atoms with Crippen LogP contribution in [0.3, 0.4) is 0 Å². The van der Waals surface area contributed by atoms with Gasteiger partial charge in [0.25, 0.3) is 5.91 Å². The zero-order valence-corrected chi connectivity index (χ0v) is 17.6. The number of hydrogen-bond donors (Lipinski definition) is 2. The smallest absolute Gasteiger partial charge is 0.319 e. The van der Waals surface area contributed by atoms with Crippen LogP contribution >= 0.6 is 0 Å². The first kappa shape index (κ1) is 21.1. The third kappa shape index (κ3) is 5.26. The van der Waals surface area contributed by atoms with Gasteiger partial charge in [0.05, 0.1) is 6.04 Å². The molecule has 0 aliphatic carbocycles. The Kier molecular flexibility index (Phi) is 6.86. The lowest BCUT2D eigenvalue weighted by Gasteiger charge is -2.18. The zero-order valence-electron chi connectivity index (χ0n) is 17.6. The molecule has 3 aromatic rings. The van der Waals surface area contributed by atoms with Crippen molar-refractivity contribution in [2.45, 2.75) is 26.3 Å². The summed E-state index contributed by atoms with van der Waals surface area (Å²) >= 11 is 0. The van der Waals surface area contributed by atoms with Crippen LogP contribution in [-0.4, -0.2) is 19.0 Å². The molecule has 0 aliphatic heterocycles. The van der Waals surface area contributed by atoms with Gasteiger partial charge in [0, 0.05) is 24.0 Å². The fourth-order valence-corrected chi connectivity index (χ4v) is 3.18. The molecule has 3 rings (SSSR count). The molecule has 0 saturated heterocycles. The summed E-state index contributed by atoms with van der Waals surface area (Å²) in [7, 11) is 1.73. The van der Waals surface area contributed by atoms with Crippen molar-refractivity contribution in [3.63, 3.8) is 0 Å². The SMILES string of the molecule is CCc1ccc(C(C)NC(=O)Nc2cccc(C(=O)N(C)c3ccccc3)c2)cc1. The highest BCUT2D eigenvalue weighted by atomic mass is 16.2. The Morgan fingerprint density at radius 1 is 0.933 bits per heavy atom. The first-order valence-electron chi connectivity index (χ1n) is 10.1. The van der Waals surface area contributed by atoms with E-state index in [1.807, 2.05) is 49.4 Å². The van der Waals surface area contributed by atoms with E-state index in [-0.39, 0.29) is 18.0 Å². The Hall–Kier alpha value is -3.60. The van der Waals surface area contributed by atoms with Crippen molar-refractivity contribution in [1.82, 2.24) is 5.32 Å². The van der Waals surface area contributed by atoms with Crippen molar-refractivity contribution in [2.24, 2.45) is 0 Å². The molecule has 5 heteroatoms. The molecule has 0 aromatic heterocycles. The van der Waals surface area contributed by atoms with Gasteiger partial charge in [-0.05, 0) is 54.8 Å². The number of nitrogens with zero attached hydrogens (tertiary/aromatic N) is 1. The van der Waals surface area contributed by atoms with Crippen molar-refractivity contribution in [3.8, 4) is 0 Å². The number of amides is 3. The van der Waals surface area contributed by atoms with Crippen LogP contribution in [0.5, 0.6) is 0 Å². The van der Waals surface area contributed by atoms with Gasteiger partial charge >= 0.3 is 6.03 Å². The number of nitrogens with one attached hydrogen (secondary N) is 2. The molecule has 2 N–H and O–H groups in total. The topological polar surface area (TPSA) is 61.4 Å². The molecule has 30 heavy (non-hydrogen) atoms. The summed E-state index contributed by atoms with van der Waals surface area (Å²) < 4.78 is 0. The number of urea groups is 1. The Labute approximate surface area is 177 Å². The maximum absolute atomic E-state index is 12.8. The highest BCUT2D eigenvalue weighted by Crippen LogP contribution is 2.18. The van der Waals surface area contributed by atoms with Gasteiger partial charge in [-0.15, -0.1) is 0 Å². The van der Waals surface area contributed by atoms with E-state index in [1.165, 1.54) is 5.56 Å². The summed E-state index contributed by atoms with van der Waals surface area (Å²) in [6.45, 7) is 4.05. The molecule has 0 heterocycles. The Morgan fingerprint density at radius 3 is 2.30 bits per heavy atom. The standard InChI is InChI=1S/C25H27N3O2/c1-4-19-13-15-20(16-14-19)18(2)26-25(30)27-22-10-8-9-21(17-22)24(29)28(3)23-11-6-5-7-12-23/h5-18H,4H2,1-3H3,(H2,26,27,30). The van der Waals surface area contributed by atoms with Crippen molar-refractivity contribution < 1.29 is 9.59 Å². The quantitative estimate of drug-likeness (QED) is 0.580. The molecule has 0 radical (unpaired) electrons. The average Bonchev–Trinajstić information content (AvgIpc) is 2.78. The molecule has 0 spiro atoms. The van der Waals surface area contributed by atoms with Gasteiger partial charge in [0.2, 0.25) is 0 Å². The minimum absolute atomic E-state index is 0.134. The maximum atomic E-state index is 12.8. The van der Waals surface area contributed by atoms with E-state index in [0.29, 0.717) is 11.3 Å². The van der Waals surface area contributed by atoms with E-state index in [1.54, 1.807) is 36.2 Å². The largest absolute Gasteiger partial charge is 0.331 e. The molecule has 3 aromatic carbocycles. The molecule has 0 saturated carbocycles. The molecular weight excluding hydrogens is 374 g/mol. The van der Waals surface area contributed by atoms with E-state index >= 15 is 0 Å². The van der Waals surface area contributed by atoms with Gasteiger partial charge in [-0.2, -0.15) is 0 Å². The monoisotopic (exact) mass is 401 g/mol. The van der Waals surface area contributed by atoms with Gasteiger partial charge < -0.3 is 15.5 Å². The minimum atomic E-state index is -0.317. The number of benzene rings is 3. The van der Waals surface area contributed by atoms with Crippen molar-refractivity contribution in [1.29, 1.82) is 0 Å². The molecule has 5 nitrogen and oxygen atoms in total. The summed E-state index contributed by atoms with van der Waals surface area (Å²) in [5.74, 6) is -0.144. The van der Waals surface area contributed by atoms with Crippen LogP contribution in [0, 0.1) is 0 Å². The van der Waals surface area contributed by atoms with Crippen LogP contribution in [0.15, 0.2) is 78.9 Å². The fraction of sp³-hybridized carbons (Fsp3) is 0.200. The summed E-state index contributed by atoms with van der Waals surface area (Å²) in [4.78, 5) is 26.8. The summed E-state index contributed by atoms with van der Waals surface area (Å²) in [5.41, 5.74) is 4.17. The molecule has 0 bridgehead atoms. The molecule has 0 aliphatic rings. The summed E-state index contributed by atoms with van der Waals surface area (Å²) in [6.07, 6.45) is 0.983. The van der Waals surface area contributed by atoms with E-state index in [4.69, 9.17) is 0 Å². The second-order valence-corrected chi connectivity index (χ2v) is 7.20. The van der Waals surface area contributed by atoms with E-state index < -0.39 is 0 Å². The number of carbonyl (C=O) groups is 2. The highest BCUT2D eigenvalue weighted by Gasteiger charge is 2.15. The zero-order chi connectivity index (χ0) is 21.5. The number of aryl methyl sites for hydroxylation is 1. The Balaban J connectivity index is 1.64. The van der Waals surface area contributed by atoms with E-state index in [0.717, 1.165) is 17.7 Å². The molecule has 154 valence electrons. The minimum Gasteiger partial charge on any atom is -0.331 e. The predicted molar refractivity (Wildman–Crippen MR) is 122 cm³/mol. The molecule has 1 unspecified atom stereocenters. The van der Waals surface area contributed by atoms with E-state index in [2.05, 4.69) is 29.7 Å². The normalized spacial score (nSPS) is 11.4. The van der Waals surface area contributed by atoms with Crippen LogP contribution in [0.2, 0.25) is 0 Å². The molecule has 0 fully saturated rings. The Morgan fingerprint density at radius 2 is 1.63 bits per heavy atom. The van der Waals surface area contributed by atoms with Crippen LogP contribution in [0.1, 0.15) is 41.4 Å². The predicted octanol–water partition coefficient (Wildman–Crippen LogP) is 5.41. The van der Waals surface area contributed by atoms with Crippen LogP contribution < -0.4 is 15.5 Å². The number of hydrogen-bond acceptors (Lipinski definition) is 2. The lowest BCUT2D eigenvalue weighted by atomic mass is 10.1. The van der Waals surface area contributed by atoms with Gasteiger partial charge in [-0.25, -0.2) is 4.79 Å². The van der Waals surface area contributed by atoms with Crippen molar-refractivity contribution in [2.75, 3.05) is 17.3 Å². The molecular formula is C25H27N3O2. The average molecular weight is 402 g/mol. The van der Waals surface area contributed by atoms with Gasteiger partial charge in [-0.1, -0.05) is 55.5 Å². The third-order valence-electron chi connectivity index (χ3n) is 5.05. The van der Waals surface area contributed by atoms with Crippen LogP contribution in [0.25, 0.3) is 0 Å². The summed E-state index contributed by atoms with van der Waals surface area (Å²) in [5, 5.41) is 5.75. The van der Waals surface area contributed by atoms with Gasteiger partial charge in [0.1, 0.15) is 0 Å². The van der Waals surface area contributed by atoms with Crippen LogP contribution in [-0.2, 0) is 6.42 Å². The number of rotatable bonds is 6. The van der Waals surface area contributed by atoms with Crippen molar-refractivity contribution >= 4 is 23.3 Å². The number of carbonyl (C=O) groups excluding carboxylic acids is 2. The molecule has 3 amide bonds. The first-order chi connectivity index (χ1) is 14.5. The van der Waals surface area contributed by atoms with Crippen LogP contribution in [0.4, 0.5) is 16.2 Å². The second kappa shape index (κ2) is 9.74. The molecule has 1 atom stereocenters. The van der Waals surface area contributed by atoms with Gasteiger partial charge in [0.15, 0.2) is 0 Å². The Bertz CT molecular complexity index is 1000. The van der Waals surface area contributed by atoms with Crippen molar-refractivity contribution in [3.05, 3.63) is 95.6 Å². The highest BCUT2D eigenvalue weighted by molar-refractivity contribution is 6.06. The fourth-order valence-electron chi connectivity index (χ4n) is 3.18. The lowest BCUT2D eigenvalue weighted by molar-refractivity contribution is 0.0993. The van der Waals surface area contributed by atoms with E-state index in [9.17, 15) is 9.59 Å². The summed E-state index contributed by atoms with van der Waals surface area (Å²) in [6, 6.07) is 24.1. The number of anilines is 2. The second-order valence-electron chi connectivity index (χ2n) is 7.20. The maximum Gasteiger partial charge on any atom is 0.319 e. The number of para-hydroxylation sites is 1. The first-order valence-corrected chi connectivity index (χ1v) is 10.1. The van der Waals surface area contributed by atoms with Gasteiger partial charge in [-0.3, -0.25) is 4.79 Å². The lowest BCUT2D eigenvalue weighted by Crippen LogP contribution is -2.31.